The smallest absolute Gasteiger partial charge is 0.191 e. The van der Waals surface area contributed by atoms with Crippen LogP contribution < -0.4 is 20.3 Å². The second kappa shape index (κ2) is 13.8. The maximum atomic E-state index is 5.54. The molecular formula is C25H36IN7O. The molecule has 0 bridgehead atoms. The quantitative estimate of drug-likeness (QED) is 0.165. The lowest BCUT2D eigenvalue weighted by Gasteiger charge is -2.20. The minimum absolute atomic E-state index is 0. The van der Waals surface area contributed by atoms with Gasteiger partial charge in [-0.2, -0.15) is 0 Å². The Kier molecular flexibility index (Phi) is 11.1. The SMILES string of the molecule is COc1cc(C)ccc1CN=C(NCCCN(C)c1ccccc1)NCc1nnc(C)n1C.I. The van der Waals surface area contributed by atoms with Gasteiger partial charge in [-0.05, 0) is 44.0 Å². The lowest BCUT2D eigenvalue weighted by atomic mass is 10.1. The summed E-state index contributed by atoms with van der Waals surface area (Å²) in [4.78, 5) is 7.06. The first-order chi connectivity index (χ1) is 16.0. The Morgan fingerprint density at radius 3 is 2.53 bits per heavy atom. The molecule has 0 radical (unpaired) electrons. The van der Waals surface area contributed by atoms with E-state index in [1.54, 1.807) is 7.11 Å². The first-order valence-electron chi connectivity index (χ1n) is 11.2. The number of hydrogen-bond acceptors (Lipinski definition) is 5. The van der Waals surface area contributed by atoms with Crippen LogP contribution in [0.15, 0.2) is 53.5 Å². The maximum Gasteiger partial charge on any atom is 0.191 e. The Morgan fingerprint density at radius 2 is 1.85 bits per heavy atom. The van der Waals surface area contributed by atoms with Crippen LogP contribution in [0.2, 0.25) is 0 Å². The highest BCUT2D eigenvalue weighted by atomic mass is 127. The molecule has 34 heavy (non-hydrogen) atoms. The highest BCUT2D eigenvalue weighted by Gasteiger charge is 2.08. The topological polar surface area (TPSA) is 79.6 Å². The number of hydrogen-bond donors (Lipinski definition) is 2. The van der Waals surface area contributed by atoms with E-state index in [9.17, 15) is 0 Å². The monoisotopic (exact) mass is 577 g/mol. The van der Waals surface area contributed by atoms with Crippen molar-refractivity contribution >= 4 is 35.6 Å². The average Bonchev–Trinajstić information content (AvgIpc) is 3.16. The summed E-state index contributed by atoms with van der Waals surface area (Å²) < 4.78 is 7.51. The van der Waals surface area contributed by atoms with Gasteiger partial charge >= 0.3 is 0 Å². The van der Waals surface area contributed by atoms with Crippen LogP contribution in [-0.2, 0) is 20.1 Å². The van der Waals surface area contributed by atoms with Gasteiger partial charge in [-0.25, -0.2) is 4.99 Å². The van der Waals surface area contributed by atoms with Crippen molar-refractivity contribution in [1.82, 2.24) is 25.4 Å². The molecule has 0 saturated heterocycles. The second-order valence-corrected chi connectivity index (χ2v) is 8.09. The Bertz CT molecular complexity index is 1050. The van der Waals surface area contributed by atoms with Gasteiger partial charge in [0.25, 0.3) is 0 Å². The Balaban J connectivity index is 0.00000408. The van der Waals surface area contributed by atoms with Crippen LogP contribution in [0.3, 0.4) is 0 Å². The van der Waals surface area contributed by atoms with Crippen LogP contribution in [0.5, 0.6) is 5.75 Å². The van der Waals surface area contributed by atoms with Crippen molar-refractivity contribution in [3.63, 3.8) is 0 Å². The number of aryl methyl sites for hydroxylation is 2. The number of benzene rings is 2. The lowest BCUT2D eigenvalue weighted by Crippen LogP contribution is -2.39. The summed E-state index contributed by atoms with van der Waals surface area (Å²) in [5.41, 5.74) is 3.42. The Morgan fingerprint density at radius 1 is 1.09 bits per heavy atom. The van der Waals surface area contributed by atoms with E-state index in [0.717, 1.165) is 54.0 Å². The summed E-state index contributed by atoms with van der Waals surface area (Å²) in [5.74, 6) is 3.33. The van der Waals surface area contributed by atoms with Crippen molar-refractivity contribution in [3.05, 3.63) is 71.3 Å². The van der Waals surface area contributed by atoms with Gasteiger partial charge < -0.3 is 24.8 Å². The molecule has 9 heteroatoms. The zero-order valence-electron chi connectivity index (χ0n) is 20.7. The third-order valence-electron chi connectivity index (χ3n) is 5.61. The number of halogens is 1. The van der Waals surface area contributed by atoms with E-state index in [1.165, 1.54) is 5.69 Å². The fourth-order valence-corrected chi connectivity index (χ4v) is 3.42. The van der Waals surface area contributed by atoms with Gasteiger partial charge in [0, 0.05) is 38.4 Å². The third kappa shape index (κ3) is 7.89. The molecule has 0 unspecified atom stereocenters. The zero-order valence-corrected chi connectivity index (χ0v) is 23.0. The van der Waals surface area contributed by atoms with E-state index in [2.05, 4.69) is 76.1 Å². The van der Waals surface area contributed by atoms with Crippen molar-refractivity contribution in [1.29, 1.82) is 0 Å². The van der Waals surface area contributed by atoms with Gasteiger partial charge in [-0.3, -0.25) is 0 Å². The molecule has 0 fully saturated rings. The van der Waals surface area contributed by atoms with Gasteiger partial charge in [-0.15, -0.1) is 34.2 Å². The zero-order chi connectivity index (χ0) is 23.6. The maximum absolute atomic E-state index is 5.54. The molecular weight excluding hydrogens is 541 g/mol. The van der Waals surface area contributed by atoms with Crippen molar-refractivity contribution < 1.29 is 4.74 Å². The standard InChI is InChI=1S/C25H35N7O.HI/c1-19-12-13-21(23(16-19)33-5)17-27-25(28-18-24-30-29-20(2)32(24)4)26-14-9-15-31(3)22-10-7-6-8-11-22;/h6-8,10-13,16H,9,14-15,17-18H2,1-5H3,(H2,26,27,28);1H. The van der Waals surface area contributed by atoms with Crippen molar-refractivity contribution in [2.24, 2.45) is 12.0 Å². The molecule has 0 atom stereocenters. The van der Waals surface area contributed by atoms with E-state index in [1.807, 2.05) is 30.7 Å². The van der Waals surface area contributed by atoms with Crippen molar-refractivity contribution in [2.45, 2.75) is 33.4 Å². The van der Waals surface area contributed by atoms with Gasteiger partial charge in [-0.1, -0.05) is 30.3 Å². The molecule has 8 nitrogen and oxygen atoms in total. The van der Waals surface area contributed by atoms with E-state index >= 15 is 0 Å². The molecule has 0 spiro atoms. The molecule has 0 saturated carbocycles. The molecule has 0 aliphatic rings. The number of nitrogens with zero attached hydrogens (tertiary/aromatic N) is 5. The van der Waals surface area contributed by atoms with Crippen LogP contribution in [0.4, 0.5) is 5.69 Å². The van der Waals surface area contributed by atoms with Gasteiger partial charge in [0.1, 0.15) is 11.6 Å². The predicted molar refractivity (Wildman–Crippen MR) is 149 cm³/mol. The number of nitrogens with one attached hydrogen (secondary N) is 2. The number of guanidine groups is 1. The first kappa shape index (κ1) is 27.4. The summed E-state index contributed by atoms with van der Waals surface area (Å²) in [6.07, 6.45) is 0.975. The molecule has 0 aliphatic heterocycles. The van der Waals surface area contributed by atoms with E-state index < -0.39 is 0 Å². The summed E-state index contributed by atoms with van der Waals surface area (Å²) in [6.45, 7) is 6.79. The molecule has 2 aromatic carbocycles. The average molecular weight is 578 g/mol. The first-order valence-corrected chi connectivity index (χ1v) is 11.2. The third-order valence-corrected chi connectivity index (χ3v) is 5.61. The molecule has 3 aromatic rings. The largest absolute Gasteiger partial charge is 0.496 e. The molecule has 3 rings (SSSR count). The Labute approximate surface area is 219 Å². The summed E-state index contributed by atoms with van der Waals surface area (Å²) >= 11 is 0. The molecule has 0 aliphatic carbocycles. The van der Waals surface area contributed by atoms with E-state index in [-0.39, 0.29) is 24.0 Å². The number of aromatic nitrogens is 3. The molecule has 0 amide bonds. The molecule has 2 N–H and O–H groups in total. The van der Waals surface area contributed by atoms with Gasteiger partial charge in [0.05, 0.1) is 20.2 Å². The summed E-state index contributed by atoms with van der Waals surface area (Å²) in [6, 6.07) is 16.6. The second-order valence-electron chi connectivity index (χ2n) is 8.09. The number of ether oxygens (including phenoxy) is 1. The fraction of sp³-hybridized carbons (Fsp3) is 0.400. The normalized spacial score (nSPS) is 11.0. The van der Waals surface area contributed by atoms with Crippen LogP contribution >= 0.6 is 24.0 Å². The number of rotatable bonds is 10. The number of methoxy groups -OCH3 is 1. The van der Waals surface area contributed by atoms with Gasteiger partial charge in [0.15, 0.2) is 11.8 Å². The van der Waals surface area contributed by atoms with E-state index in [4.69, 9.17) is 9.73 Å². The fourth-order valence-electron chi connectivity index (χ4n) is 3.42. The molecule has 1 aromatic heterocycles. The molecule has 184 valence electrons. The number of aliphatic imine (C=N–C) groups is 1. The van der Waals surface area contributed by atoms with Gasteiger partial charge in [0.2, 0.25) is 0 Å². The summed E-state index contributed by atoms with van der Waals surface area (Å²) in [7, 11) is 5.77. The lowest BCUT2D eigenvalue weighted by molar-refractivity contribution is 0.409. The van der Waals surface area contributed by atoms with E-state index in [0.29, 0.717) is 13.1 Å². The highest BCUT2D eigenvalue weighted by molar-refractivity contribution is 14.0. The predicted octanol–water partition coefficient (Wildman–Crippen LogP) is 3.82. The summed E-state index contributed by atoms with van der Waals surface area (Å²) in [5, 5.41) is 15.2. The Hall–Kier alpha value is -2.82. The number of para-hydroxylation sites is 1. The highest BCUT2D eigenvalue weighted by Crippen LogP contribution is 2.20. The van der Waals surface area contributed by atoms with Crippen LogP contribution in [0.25, 0.3) is 0 Å². The number of anilines is 1. The van der Waals surface area contributed by atoms with Crippen LogP contribution in [-0.4, -0.2) is 48.0 Å². The van der Waals surface area contributed by atoms with Crippen molar-refractivity contribution in [2.75, 3.05) is 32.1 Å². The minimum atomic E-state index is 0. The van der Waals surface area contributed by atoms with Crippen LogP contribution in [0.1, 0.15) is 29.2 Å². The van der Waals surface area contributed by atoms with Crippen LogP contribution in [0, 0.1) is 13.8 Å². The molecule has 1 heterocycles. The van der Waals surface area contributed by atoms with Crippen molar-refractivity contribution in [3.8, 4) is 5.75 Å². The minimum Gasteiger partial charge on any atom is -0.496 e.